The first-order valence-electron chi connectivity index (χ1n) is 5.45. The SMILES string of the molecule is CC(=O)c1cccc(NC/C=C/CN)c1[N+](=O)[O-]. The van der Waals surface area contributed by atoms with Crippen LogP contribution >= 0.6 is 0 Å². The average molecular weight is 249 g/mol. The number of nitro benzene ring substituents is 1. The fourth-order valence-corrected chi connectivity index (χ4v) is 1.52. The molecule has 6 nitrogen and oxygen atoms in total. The molecule has 0 heterocycles. The number of nitro groups is 1. The number of rotatable bonds is 6. The lowest BCUT2D eigenvalue weighted by atomic mass is 10.1. The second kappa shape index (κ2) is 6.51. The predicted octanol–water partition coefficient (Wildman–Crippen LogP) is 1.72. The standard InChI is InChI=1S/C12H15N3O3/c1-9(16)10-5-4-6-11(12(10)15(17)18)14-8-3-2-7-13/h2-6,14H,7-8,13H2,1H3/b3-2+. The number of nitrogens with two attached hydrogens (primary N) is 1. The van der Waals surface area contributed by atoms with Crippen molar-refractivity contribution in [2.75, 3.05) is 18.4 Å². The molecule has 1 aromatic rings. The van der Waals surface area contributed by atoms with Gasteiger partial charge in [0.15, 0.2) is 5.78 Å². The minimum atomic E-state index is -0.550. The van der Waals surface area contributed by atoms with E-state index in [1.807, 2.05) is 0 Å². The Morgan fingerprint density at radius 1 is 1.50 bits per heavy atom. The Kier molecular flexibility index (Phi) is 5.01. The minimum Gasteiger partial charge on any atom is -0.376 e. The van der Waals surface area contributed by atoms with Crippen molar-refractivity contribution in [2.45, 2.75) is 6.92 Å². The second-order valence-electron chi connectivity index (χ2n) is 3.60. The molecule has 96 valence electrons. The van der Waals surface area contributed by atoms with Gasteiger partial charge < -0.3 is 11.1 Å². The summed E-state index contributed by atoms with van der Waals surface area (Å²) < 4.78 is 0. The molecular formula is C12H15N3O3. The monoisotopic (exact) mass is 249 g/mol. The third kappa shape index (κ3) is 3.39. The molecule has 0 unspecified atom stereocenters. The zero-order valence-corrected chi connectivity index (χ0v) is 10.1. The average Bonchev–Trinajstić information content (AvgIpc) is 2.33. The first-order chi connectivity index (χ1) is 8.57. The van der Waals surface area contributed by atoms with Crippen LogP contribution in [0.5, 0.6) is 0 Å². The second-order valence-corrected chi connectivity index (χ2v) is 3.60. The molecule has 0 saturated heterocycles. The topological polar surface area (TPSA) is 98.3 Å². The molecule has 1 aromatic carbocycles. The van der Waals surface area contributed by atoms with Gasteiger partial charge in [0, 0.05) is 13.1 Å². The van der Waals surface area contributed by atoms with Crippen molar-refractivity contribution >= 4 is 17.2 Å². The van der Waals surface area contributed by atoms with Gasteiger partial charge in [-0.25, -0.2) is 0 Å². The fraction of sp³-hybridized carbons (Fsp3) is 0.250. The van der Waals surface area contributed by atoms with Crippen LogP contribution in [0.3, 0.4) is 0 Å². The quantitative estimate of drug-likeness (QED) is 0.346. The number of carbonyl (C=O) groups excluding carboxylic acids is 1. The summed E-state index contributed by atoms with van der Waals surface area (Å²) in [4.78, 5) is 21.8. The molecule has 0 aliphatic carbocycles. The Bertz CT molecular complexity index is 483. The van der Waals surface area contributed by atoms with E-state index in [1.165, 1.54) is 13.0 Å². The van der Waals surface area contributed by atoms with Crippen molar-refractivity contribution in [1.82, 2.24) is 0 Å². The largest absolute Gasteiger partial charge is 0.376 e. The lowest BCUT2D eigenvalue weighted by Crippen LogP contribution is -2.07. The minimum absolute atomic E-state index is 0.104. The highest BCUT2D eigenvalue weighted by molar-refractivity contribution is 6.00. The van der Waals surface area contributed by atoms with E-state index in [4.69, 9.17) is 5.73 Å². The molecule has 18 heavy (non-hydrogen) atoms. The van der Waals surface area contributed by atoms with Gasteiger partial charge >= 0.3 is 5.69 Å². The number of ketones is 1. The summed E-state index contributed by atoms with van der Waals surface area (Å²) in [6, 6.07) is 4.63. The number of nitrogens with zero attached hydrogens (tertiary/aromatic N) is 1. The van der Waals surface area contributed by atoms with Crippen LogP contribution in [0.2, 0.25) is 0 Å². The summed E-state index contributed by atoms with van der Waals surface area (Å²) in [5.41, 5.74) is 5.53. The van der Waals surface area contributed by atoms with Crippen LogP contribution in [0, 0.1) is 10.1 Å². The molecule has 1 rings (SSSR count). The summed E-state index contributed by atoms with van der Waals surface area (Å²) in [6.45, 7) is 2.14. The molecule has 0 spiro atoms. The van der Waals surface area contributed by atoms with E-state index in [0.29, 0.717) is 18.8 Å². The van der Waals surface area contributed by atoms with Gasteiger partial charge in [-0.3, -0.25) is 14.9 Å². The van der Waals surface area contributed by atoms with Crippen LogP contribution in [0.4, 0.5) is 11.4 Å². The summed E-state index contributed by atoms with van der Waals surface area (Å²) in [5, 5.41) is 13.9. The number of carbonyl (C=O) groups is 1. The van der Waals surface area contributed by atoms with Gasteiger partial charge in [0.1, 0.15) is 5.69 Å². The third-order valence-corrected chi connectivity index (χ3v) is 2.31. The van der Waals surface area contributed by atoms with E-state index in [2.05, 4.69) is 5.32 Å². The maximum Gasteiger partial charge on any atom is 0.303 e. The highest BCUT2D eigenvalue weighted by Gasteiger charge is 2.21. The summed E-state index contributed by atoms with van der Waals surface area (Å²) >= 11 is 0. The smallest absolute Gasteiger partial charge is 0.303 e. The van der Waals surface area contributed by atoms with Crippen molar-refractivity contribution < 1.29 is 9.72 Å². The number of anilines is 1. The Morgan fingerprint density at radius 3 is 2.78 bits per heavy atom. The van der Waals surface area contributed by atoms with E-state index in [1.54, 1.807) is 24.3 Å². The molecule has 0 radical (unpaired) electrons. The van der Waals surface area contributed by atoms with Crippen LogP contribution in [0.1, 0.15) is 17.3 Å². The Labute approximate surface area is 105 Å². The van der Waals surface area contributed by atoms with E-state index >= 15 is 0 Å². The highest BCUT2D eigenvalue weighted by atomic mass is 16.6. The molecule has 0 aliphatic rings. The van der Waals surface area contributed by atoms with Crippen molar-refractivity contribution in [3.05, 3.63) is 46.0 Å². The number of hydrogen-bond donors (Lipinski definition) is 2. The molecule has 0 amide bonds. The third-order valence-electron chi connectivity index (χ3n) is 2.31. The number of para-hydroxylation sites is 1. The maximum absolute atomic E-state index is 11.3. The fourth-order valence-electron chi connectivity index (χ4n) is 1.52. The molecule has 0 aliphatic heterocycles. The first kappa shape index (κ1) is 13.9. The molecule has 6 heteroatoms. The van der Waals surface area contributed by atoms with Crippen LogP contribution < -0.4 is 11.1 Å². The van der Waals surface area contributed by atoms with E-state index in [-0.39, 0.29) is 17.0 Å². The van der Waals surface area contributed by atoms with Crippen LogP contribution in [0.25, 0.3) is 0 Å². The lowest BCUT2D eigenvalue weighted by Gasteiger charge is -2.07. The number of hydrogen-bond acceptors (Lipinski definition) is 5. The molecule has 3 N–H and O–H groups in total. The molecular weight excluding hydrogens is 234 g/mol. The van der Waals surface area contributed by atoms with Crippen molar-refractivity contribution in [3.63, 3.8) is 0 Å². The molecule has 0 aromatic heterocycles. The van der Waals surface area contributed by atoms with Gasteiger partial charge in [0.2, 0.25) is 0 Å². The van der Waals surface area contributed by atoms with Gasteiger partial charge in [-0.1, -0.05) is 18.2 Å². The van der Waals surface area contributed by atoms with Gasteiger partial charge in [-0.15, -0.1) is 0 Å². The maximum atomic E-state index is 11.3. The zero-order valence-electron chi connectivity index (χ0n) is 10.1. The number of Topliss-reactive ketones (excluding diaryl/α,β-unsaturated/α-hetero) is 1. The van der Waals surface area contributed by atoms with Gasteiger partial charge in [-0.05, 0) is 19.1 Å². The Hall–Kier alpha value is -2.21. The first-order valence-corrected chi connectivity index (χ1v) is 5.45. The Morgan fingerprint density at radius 2 is 2.22 bits per heavy atom. The molecule has 0 fully saturated rings. The van der Waals surface area contributed by atoms with Gasteiger partial charge in [0.05, 0.1) is 10.5 Å². The van der Waals surface area contributed by atoms with E-state index in [0.717, 1.165) is 0 Å². The lowest BCUT2D eigenvalue weighted by molar-refractivity contribution is -0.384. The molecule has 0 bridgehead atoms. The molecule has 0 saturated carbocycles. The van der Waals surface area contributed by atoms with E-state index < -0.39 is 4.92 Å². The van der Waals surface area contributed by atoms with Crippen LogP contribution in [-0.4, -0.2) is 23.8 Å². The highest BCUT2D eigenvalue weighted by Crippen LogP contribution is 2.28. The number of nitrogens with one attached hydrogen (secondary N) is 1. The van der Waals surface area contributed by atoms with E-state index in [9.17, 15) is 14.9 Å². The van der Waals surface area contributed by atoms with Crippen molar-refractivity contribution in [1.29, 1.82) is 0 Å². The van der Waals surface area contributed by atoms with Crippen molar-refractivity contribution in [3.8, 4) is 0 Å². The predicted molar refractivity (Wildman–Crippen MR) is 69.8 cm³/mol. The van der Waals surface area contributed by atoms with Crippen LogP contribution in [-0.2, 0) is 0 Å². The van der Waals surface area contributed by atoms with Crippen molar-refractivity contribution in [2.24, 2.45) is 5.73 Å². The van der Waals surface area contributed by atoms with Gasteiger partial charge in [0.25, 0.3) is 0 Å². The summed E-state index contributed by atoms with van der Waals surface area (Å²) in [6.07, 6.45) is 3.51. The molecule has 0 atom stereocenters. The van der Waals surface area contributed by atoms with Gasteiger partial charge in [-0.2, -0.15) is 0 Å². The zero-order chi connectivity index (χ0) is 13.5. The number of benzene rings is 1. The normalized spacial score (nSPS) is 10.6. The van der Waals surface area contributed by atoms with Crippen LogP contribution in [0.15, 0.2) is 30.4 Å². The summed E-state index contributed by atoms with van der Waals surface area (Å²) in [7, 11) is 0. The summed E-state index contributed by atoms with van der Waals surface area (Å²) in [5.74, 6) is -0.331. The Balaban J connectivity index is 3.03.